The van der Waals surface area contributed by atoms with Gasteiger partial charge in [-0.15, -0.1) is 0 Å². The number of nitrogens with one attached hydrogen (secondary N) is 1. The summed E-state index contributed by atoms with van der Waals surface area (Å²) >= 11 is 6.24. The molecule has 0 aliphatic carbocycles. The minimum atomic E-state index is 0.798. The molecule has 1 aliphatic rings. The molecule has 122 valence electrons. The lowest BCUT2D eigenvalue weighted by atomic mass is 9.99. The number of H-pyrrole nitrogens is 1. The van der Waals surface area contributed by atoms with E-state index in [2.05, 4.69) is 58.4 Å². The number of halogens is 1. The van der Waals surface area contributed by atoms with Gasteiger partial charge in [-0.1, -0.05) is 54.1 Å². The van der Waals surface area contributed by atoms with Crippen molar-refractivity contribution < 1.29 is 0 Å². The number of rotatable bonds is 4. The molecule has 24 heavy (non-hydrogen) atoms. The van der Waals surface area contributed by atoms with Crippen LogP contribution in [0.15, 0.2) is 60.8 Å². The van der Waals surface area contributed by atoms with Crippen molar-refractivity contribution >= 4 is 28.1 Å². The molecular weight excluding hydrogens is 316 g/mol. The molecule has 4 rings (SSSR count). The van der Waals surface area contributed by atoms with Gasteiger partial charge in [-0.2, -0.15) is 0 Å². The first-order valence-corrected chi connectivity index (χ1v) is 8.90. The topological polar surface area (TPSA) is 19.0 Å². The minimum Gasteiger partial charge on any atom is -0.360 e. The molecule has 0 saturated heterocycles. The molecule has 3 aromatic rings. The fourth-order valence-electron chi connectivity index (χ4n) is 3.51. The van der Waals surface area contributed by atoms with E-state index in [0.717, 1.165) is 43.0 Å². The Labute approximate surface area is 147 Å². The molecule has 0 fully saturated rings. The van der Waals surface area contributed by atoms with Crippen LogP contribution in [0.25, 0.3) is 16.5 Å². The van der Waals surface area contributed by atoms with Crippen molar-refractivity contribution in [1.29, 1.82) is 0 Å². The molecule has 1 aromatic heterocycles. The first-order chi connectivity index (χ1) is 11.8. The van der Waals surface area contributed by atoms with Crippen LogP contribution in [0.3, 0.4) is 0 Å². The van der Waals surface area contributed by atoms with Crippen LogP contribution in [-0.2, 0) is 6.42 Å². The quantitative estimate of drug-likeness (QED) is 0.697. The Morgan fingerprint density at radius 1 is 1.04 bits per heavy atom. The van der Waals surface area contributed by atoms with Gasteiger partial charge in [0.1, 0.15) is 0 Å². The number of hydrogen-bond donors (Lipinski definition) is 1. The van der Waals surface area contributed by atoms with Gasteiger partial charge in [0.25, 0.3) is 0 Å². The average Bonchev–Trinajstić information content (AvgIpc) is 3.13. The number of nitrogens with zero attached hydrogens (tertiary/aromatic N) is 1. The third-order valence-corrected chi connectivity index (χ3v) is 5.21. The second-order valence-corrected chi connectivity index (χ2v) is 6.78. The van der Waals surface area contributed by atoms with Gasteiger partial charge >= 0.3 is 0 Å². The van der Waals surface area contributed by atoms with Gasteiger partial charge in [0.2, 0.25) is 0 Å². The summed E-state index contributed by atoms with van der Waals surface area (Å²) in [7, 11) is 0. The van der Waals surface area contributed by atoms with Gasteiger partial charge in [-0.25, -0.2) is 0 Å². The predicted octanol–water partition coefficient (Wildman–Crippen LogP) is 5.15. The van der Waals surface area contributed by atoms with E-state index in [-0.39, 0.29) is 0 Å². The van der Waals surface area contributed by atoms with Crippen LogP contribution in [0.2, 0.25) is 5.02 Å². The summed E-state index contributed by atoms with van der Waals surface area (Å²) in [4.78, 5) is 5.76. The van der Waals surface area contributed by atoms with E-state index in [1.54, 1.807) is 0 Å². The van der Waals surface area contributed by atoms with Crippen molar-refractivity contribution in [2.24, 2.45) is 0 Å². The van der Waals surface area contributed by atoms with E-state index >= 15 is 0 Å². The third-order valence-electron chi connectivity index (χ3n) is 4.90. The number of benzene rings is 2. The third kappa shape index (κ3) is 3.12. The van der Waals surface area contributed by atoms with E-state index in [4.69, 9.17) is 11.6 Å². The summed E-state index contributed by atoms with van der Waals surface area (Å²) in [5.74, 6) is 0. The molecule has 0 bridgehead atoms. The largest absolute Gasteiger partial charge is 0.360 e. The summed E-state index contributed by atoms with van der Waals surface area (Å²) in [5.41, 5.74) is 5.27. The Bertz CT molecular complexity index is 864. The normalized spacial score (nSPS) is 15.6. The van der Waals surface area contributed by atoms with Gasteiger partial charge in [0, 0.05) is 31.2 Å². The summed E-state index contributed by atoms with van der Waals surface area (Å²) in [6, 6.07) is 17.0. The molecule has 1 N–H and O–H groups in total. The Balaban J connectivity index is 1.41. The summed E-state index contributed by atoms with van der Waals surface area (Å²) in [6.07, 6.45) is 6.53. The molecular formula is C21H21ClN2. The second-order valence-electron chi connectivity index (χ2n) is 6.37. The van der Waals surface area contributed by atoms with Crippen molar-refractivity contribution in [2.45, 2.75) is 12.8 Å². The zero-order valence-electron chi connectivity index (χ0n) is 13.6. The molecule has 0 unspecified atom stereocenters. The number of hydrogen-bond acceptors (Lipinski definition) is 1. The molecule has 3 heteroatoms. The van der Waals surface area contributed by atoms with E-state index < -0.39 is 0 Å². The molecule has 0 radical (unpaired) electrons. The van der Waals surface area contributed by atoms with Crippen molar-refractivity contribution in [3.63, 3.8) is 0 Å². The standard InChI is InChI=1S/C21H21ClN2/c22-20-7-6-18(19-8-12-23-21(19)20)11-15-24-13-9-17(10-14-24)16-4-2-1-3-5-16/h1-9,12,23H,10-11,13-15H2. The van der Waals surface area contributed by atoms with Crippen LogP contribution in [0.4, 0.5) is 0 Å². The molecule has 0 saturated carbocycles. The molecule has 2 nitrogen and oxygen atoms in total. The lowest BCUT2D eigenvalue weighted by Crippen LogP contribution is -2.30. The minimum absolute atomic E-state index is 0.798. The zero-order chi connectivity index (χ0) is 16.4. The van der Waals surface area contributed by atoms with Gasteiger partial charge in [-0.3, -0.25) is 4.90 Å². The summed E-state index contributed by atoms with van der Waals surface area (Å²) in [5, 5.41) is 2.05. The van der Waals surface area contributed by atoms with Crippen molar-refractivity contribution in [2.75, 3.05) is 19.6 Å². The van der Waals surface area contributed by atoms with Crippen molar-refractivity contribution in [3.8, 4) is 0 Å². The molecule has 2 heterocycles. The van der Waals surface area contributed by atoms with E-state index in [9.17, 15) is 0 Å². The van der Waals surface area contributed by atoms with Crippen LogP contribution >= 0.6 is 11.6 Å². The lowest BCUT2D eigenvalue weighted by Gasteiger charge is -2.26. The number of aromatic nitrogens is 1. The van der Waals surface area contributed by atoms with Crippen LogP contribution in [0, 0.1) is 0 Å². The van der Waals surface area contributed by atoms with Crippen LogP contribution < -0.4 is 0 Å². The molecule has 2 aromatic carbocycles. The number of aromatic amines is 1. The molecule has 0 amide bonds. The maximum atomic E-state index is 6.24. The van der Waals surface area contributed by atoms with Gasteiger partial charge in [-0.05, 0) is 41.7 Å². The zero-order valence-corrected chi connectivity index (χ0v) is 14.4. The highest BCUT2D eigenvalue weighted by atomic mass is 35.5. The van der Waals surface area contributed by atoms with Crippen molar-refractivity contribution in [3.05, 3.63) is 77.0 Å². The highest BCUT2D eigenvalue weighted by Gasteiger charge is 2.13. The fraction of sp³-hybridized carbons (Fsp3) is 0.238. The predicted molar refractivity (Wildman–Crippen MR) is 102 cm³/mol. The summed E-state index contributed by atoms with van der Waals surface area (Å²) < 4.78 is 0. The lowest BCUT2D eigenvalue weighted by molar-refractivity contribution is 0.306. The Morgan fingerprint density at radius 3 is 2.71 bits per heavy atom. The second kappa shape index (κ2) is 6.84. The Hall–Kier alpha value is -2.03. The van der Waals surface area contributed by atoms with Gasteiger partial charge in [0.05, 0.1) is 10.5 Å². The van der Waals surface area contributed by atoms with Gasteiger partial charge in [0.15, 0.2) is 0 Å². The Morgan fingerprint density at radius 2 is 1.92 bits per heavy atom. The van der Waals surface area contributed by atoms with E-state index in [1.807, 2.05) is 12.3 Å². The van der Waals surface area contributed by atoms with Crippen LogP contribution in [0.5, 0.6) is 0 Å². The van der Waals surface area contributed by atoms with Crippen molar-refractivity contribution in [1.82, 2.24) is 9.88 Å². The highest BCUT2D eigenvalue weighted by Crippen LogP contribution is 2.26. The Kier molecular flexibility index (Phi) is 4.42. The monoisotopic (exact) mass is 336 g/mol. The maximum Gasteiger partial charge on any atom is 0.0647 e. The average molecular weight is 337 g/mol. The van der Waals surface area contributed by atoms with Gasteiger partial charge < -0.3 is 4.98 Å². The van der Waals surface area contributed by atoms with Crippen LogP contribution in [0.1, 0.15) is 17.5 Å². The summed E-state index contributed by atoms with van der Waals surface area (Å²) in [6.45, 7) is 3.25. The molecule has 1 aliphatic heterocycles. The molecule has 0 spiro atoms. The van der Waals surface area contributed by atoms with E-state index in [0.29, 0.717) is 0 Å². The molecule has 0 atom stereocenters. The first-order valence-electron chi connectivity index (χ1n) is 8.52. The first kappa shape index (κ1) is 15.5. The van der Waals surface area contributed by atoms with E-state index in [1.165, 1.54) is 22.1 Å². The number of fused-ring (bicyclic) bond motifs is 1. The maximum absolute atomic E-state index is 6.24. The fourth-order valence-corrected chi connectivity index (χ4v) is 3.73. The smallest absolute Gasteiger partial charge is 0.0647 e. The van der Waals surface area contributed by atoms with Crippen LogP contribution in [-0.4, -0.2) is 29.5 Å². The SMILES string of the molecule is Clc1ccc(CCN2CC=C(c3ccccc3)CC2)c2cc[nH]c12. The highest BCUT2D eigenvalue weighted by molar-refractivity contribution is 6.35.